The molecular weight excluding hydrogens is 350 g/mol. The Balaban J connectivity index is 1.68. The fourth-order valence-corrected chi connectivity index (χ4v) is 3.43. The molecule has 0 aliphatic heterocycles. The summed E-state index contributed by atoms with van der Waals surface area (Å²) < 4.78 is 0. The lowest BCUT2D eigenvalue weighted by Gasteiger charge is -2.20. The van der Waals surface area contributed by atoms with Gasteiger partial charge in [0.25, 0.3) is 5.56 Å². The van der Waals surface area contributed by atoms with E-state index in [9.17, 15) is 9.59 Å². The van der Waals surface area contributed by atoms with Crippen LogP contribution in [0, 0.1) is 13.8 Å². The number of H-pyrrole nitrogens is 1. The molecule has 0 fully saturated rings. The molecule has 2 N–H and O–H groups in total. The molecule has 2 aromatic carbocycles. The Hall–Kier alpha value is -3.21. The van der Waals surface area contributed by atoms with Crippen LogP contribution >= 0.6 is 0 Å². The number of amides is 1. The molecule has 28 heavy (non-hydrogen) atoms. The second-order valence-electron chi connectivity index (χ2n) is 6.95. The number of aromatic amines is 1. The van der Waals surface area contributed by atoms with E-state index in [1.54, 1.807) is 6.92 Å². The minimum atomic E-state index is -0.169. The van der Waals surface area contributed by atoms with Crippen molar-refractivity contribution >= 4 is 5.91 Å². The van der Waals surface area contributed by atoms with Gasteiger partial charge >= 0.3 is 0 Å². The average Bonchev–Trinajstić information content (AvgIpc) is 2.67. The Labute approximate surface area is 164 Å². The van der Waals surface area contributed by atoms with Gasteiger partial charge in [-0.25, -0.2) is 4.98 Å². The molecule has 5 heteroatoms. The minimum Gasteiger partial charge on any atom is -0.356 e. The van der Waals surface area contributed by atoms with Crippen molar-refractivity contribution in [3.8, 4) is 0 Å². The fourth-order valence-electron chi connectivity index (χ4n) is 3.43. The van der Waals surface area contributed by atoms with E-state index in [2.05, 4.69) is 46.5 Å². The highest BCUT2D eigenvalue weighted by Crippen LogP contribution is 2.30. The van der Waals surface area contributed by atoms with Crippen LogP contribution in [0.25, 0.3) is 0 Å². The van der Waals surface area contributed by atoms with Crippen LogP contribution in [0.1, 0.15) is 40.5 Å². The van der Waals surface area contributed by atoms with Crippen LogP contribution in [0.15, 0.2) is 65.5 Å². The maximum atomic E-state index is 12.6. The lowest BCUT2D eigenvalue weighted by molar-refractivity contribution is -0.121. The number of rotatable bonds is 7. The SMILES string of the molecule is Cc1nc(CCNC(=O)C[C@@H](c2ccccc2)c2ccccc2C)cc(=O)[nH]1. The zero-order valence-electron chi connectivity index (χ0n) is 16.2. The summed E-state index contributed by atoms with van der Waals surface area (Å²) in [5, 5.41) is 2.97. The average molecular weight is 375 g/mol. The van der Waals surface area contributed by atoms with E-state index in [-0.39, 0.29) is 17.4 Å². The van der Waals surface area contributed by atoms with Gasteiger partial charge in [0.05, 0.1) is 0 Å². The van der Waals surface area contributed by atoms with E-state index in [0.717, 1.165) is 11.1 Å². The molecule has 1 amide bonds. The van der Waals surface area contributed by atoms with Crippen LogP contribution in [0.5, 0.6) is 0 Å². The van der Waals surface area contributed by atoms with Gasteiger partial charge < -0.3 is 10.3 Å². The van der Waals surface area contributed by atoms with Crippen molar-refractivity contribution in [2.75, 3.05) is 6.54 Å². The Morgan fingerprint density at radius 2 is 1.79 bits per heavy atom. The molecule has 0 radical (unpaired) electrons. The molecule has 0 saturated carbocycles. The first-order chi connectivity index (χ1) is 13.5. The van der Waals surface area contributed by atoms with Crippen molar-refractivity contribution in [2.24, 2.45) is 0 Å². The van der Waals surface area contributed by atoms with Crippen LogP contribution in [0.4, 0.5) is 0 Å². The molecule has 0 saturated heterocycles. The monoisotopic (exact) mass is 375 g/mol. The third kappa shape index (κ3) is 5.16. The Bertz CT molecular complexity index is 996. The van der Waals surface area contributed by atoms with Gasteiger partial charge in [-0.1, -0.05) is 54.6 Å². The zero-order chi connectivity index (χ0) is 19.9. The predicted octanol–water partition coefficient (Wildman–Crippen LogP) is 3.27. The molecule has 0 aliphatic carbocycles. The Morgan fingerprint density at radius 1 is 1.07 bits per heavy atom. The second kappa shape index (κ2) is 9.13. The Morgan fingerprint density at radius 3 is 2.50 bits per heavy atom. The number of nitrogens with one attached hydrogen (secondary N) is 2. The van der Waals surface area contributed by atoms with Gasteiger partial charge in [-0.3, -0.25) is 9.59 Å². The van der Waals surface area contributed by atoms with Gasteiger partial charge in [-0.15, -0.1) is 0 Å². The second-order valence-corrected chi connectivity index (χ2v) is 6.95. The van der Waals surface area contributed by atoms with E-state index in [1.807, 2.05) is 30.3 Å². The highest BCUT2D eigenvalue weighted by atomic mass is 16.1. The highest BCUT2D eigenvalue weighted by molar-refractivity contribution is 5.77. The molecular formula is C23H25N3O2. The van der Waals surface area contributed by atoms with Crippen molar-refractivity contribution in [3.05, 3.63) is 99.2 Å². The summed E-state index contributed by atoms with van der Waals surface area (Å²) in [7, 11) is 0. The highest BCUT2D eigenvalue weighted by Gasteiger charge is 2.19. The normalized spacial score (nSPS) is 11.8. The van der Waals surface area contributed by atoms with E-state index < -0.39 is 0 Å². The summed E-state index contributed by atoms with van der Waals surface area (Å²) >= 11 is 0. The quantitative estimate of drug-likeness (QED) is 0.666. The molecule has 5 nitrogen and oxygen atoms in total. The molecule has 3 aromatic rings. The van der Waals surface area contributed by atoms with Crippen LogP contribution in [-0.4, -0.2) is 22.4 Å². The van der Waals surface area contributed by atoms with Crippen molar-refractivity contribution in [3.63, 3.8) is 0 Å². The summed E-state index contributed by atoms with van der Waals surface area (Å²) in [5.74, 6) is 0.568. The van der Waals surface area contributed by atoms with Gasteiger partial charge in [-0.2, -0.15) is 0 Å². The summed E-state index contributed by atoms with van der Waals surface area (Å²) in [6.45, 7) is 4.27. The molecule has 1 heterocycles. The first-order valence-electron chi connectivity index (χ1n) is 9.47. The number of aromatic nitrogens is 2. The van der Waals surface area contributed by atoms with Crippen LogP contribution in [-0.2, 0) is 11.2 Å². The number of carbonyl (C=O) groups excluding carboxylic acids is 1. The van der Waals surface area contributed by atoms with Crippen molar-refractivity contribution in [2.45, 2.75) is 32.6 Å². The summed E-state index contributed by atoms with van der Waals surface area (Å²) in [5.41, 5.74) is 3.97. The summed E-state index contributed by atoms with van der Waals surface area (Å²) in [6.07, 6.45) is 0.896. The first kappa shape index (κ1) is 19.5. The molecule has 144 valence electrons. The van der Waals surface area contributed by atoms with E-state index in [1.165, 1.54) is 11.6 Å². The number of benzene rings is 2. The van der Waals surface area contributed by atoms with Crippen LogP contribution in [0.2, 0.25) is 0 Å². The van der Waals surface area contributed by atoms with Gasteiger partial charge in [0.2, 0.25) is 5.91 Å². The lowest BCUT2D eigenvalue weighted by Crippen LogP contribution is -2.28. The van der Waals surface area contributed by atoms with Gasteiger partial charge in [-0.05, 0) is 30.5 Å². The Kier molecular flexibility index (Phi) is 6.37. The van der Waals surface area contributed by atoms with Crippen molar-refractivity contribution in [1.29, 1.82) is 0 Å². The molecule has 0 bridgehead atoms. The van der Waals surface area contributed by atoms with Crippen molar-refractivity contribution in [1.82, 2.24) is 15.3 Å². The van der Waals surface area contributed by atoms with E-state index in [0.29, 0.717) is 30.9 Å². The van der Waals surface area contributed by atoms with Gasteiger partial charge in [0.1, 0.15) is 5.82 Å². The maximum absolute atomic E-state index is 12.6. The smallest absolute Gasteiger partial charge is 0.251 e. The fraction of sp³-hybridized carbons (Fsp3) is 0.261. The molecule has 1 atom stereocenters. The standard InChI is InChI=1S/C23H25N3O2/c1-16-8-6-7-11-20(16)21(18-9-4-3-5-10-18)15-22(27)24-13-12-19-14-23(28)26-17(2)25-19/h3-11,14,21H,12-13,15H2,1-2H3,(H,24,27)(H,25,26,28)/t21-/m0/s1. The molecule has 1 aromatic heterocycles. The number of carbonyl (C=O) groups is 1. The van der Waals surface area contributed by atoms with E-state index >= 15 is 0 Å². The number of nitrogens with zero attached hydrogens (tertiary/aromatic N) is 1. The zero-order valence-corrected chi connectivity index (χ0v) is 16.2. The third-order valence-electron chi connectivity index (χ3n) is 4.77. The topological polar surface area (TPSA) is 74.8 Å². The number of hydrogen-bond donors (Lipinski definition) is 2. The number of hydrogen-bond acceptors (Lipinski definition) is 3. The van der Waals surface area contributed by atoms with Crippen molar-refractivity contribution < 1.29 is 4.79 Å². The number of aryl methyl sites for hydroxylation is 2. The third-order valence-corrected chi connectivity index (χ3v) is 4.77. The maximum Gasteiger partial charge on any atom is 0.251 e. The predicted molar refractivity (Wildman–Crippen MR) is 110 cm³/mol. The summed E-state index contributed by atoms with van der Waals surface area (Å²) in [6, 6.07) is 19.8. The van der Waals surface area contributed by atoms with Gasteiger partial charge in [0, 0.05) is 37.1 Å². The van der Waals surface area contributed by atoms with Gasteiger partial charge in [0.15, 0.2) is 0 Å². The molecule has 0 unspecified atom stereocenters. The minimum absolute atomic E-state index is 0.00217. The molecule has 0 spiro atoms. The largest absolute Gasteiger partial charge is 0.356 e. The first-order valence-corrected chi connectivity index (χ1v) is 9.47. The molecule has 3 rings (SSSR count). The van der Waals surface area contributed by atoms with E-state index in [4.69, 9.17) is 0 Å². The lowest BCUT2D eigenvalue weighted by atomic mass is 9.86. The molecule has 0 aliphatic rings. The van der Waals surface area contributed by atoms with Crippen LogP contribution in [0.3, 0.4) is 0 Å². The van der Waals surface area contributed by atoms with Crippen LogP contribution < -0.4 is 10.9 Å². The summed E-state index contributed by atoms with van der Waals surface area (Å²) in [4.78, 5) is 31.1.